The second-order valence-electron chi connectivity index (χ2n) is 4.47. The van der Waals surface area contributed by atoms with E-state index in [1.807, 2.05) is 6.92 Å². The van der Waals surface area contributed by atoms with Gasteiger partial charge in [0.2, 0.25) is 5.91 Å². The third kappa shape index (κ3) is 4.94. The Hall–Kier alpha value is -0.610. The van der Waals surface area contributed by atoms with Gasteiger partial charge in [-0.2, -0.15) is 0 Å². The van der Waals surface area contributed by atoms with E-state index in [-0.39, 0.29) is 18.1 Å². The summed E-state index contributed by atoms with van der Waals surface area (Å²) in [6.07, 6.45) is 5.68. The summed E-state index contributed by atoms with van der Waals surface area (Å²) >= 11 is 0. The zero-order chi connectivity index (χ0) is 11.8. The molecule has 0 bridgehead atoms. The molecule has 0 spiro atoms. The monoisotopic (exact) mass is 228 g/mol. The summed E-state index contributed by atoms with van der Waals surface area (Å²) in [6, 6.07) is 0.178. The molecule has 4 nitrogen and oxygen atoms in total. The Kier molecular flexibility index (Phi) is 6.42. The van der Waals surface area contributed by atoms with Crippen molar-refractivity contribution in [2.75, 3.05) is 13.1 Å². The maximum Gasteiger partial charge on any atom is 0.221 e. The Bertz CT molecular complexity index is 209. The van der Waals surface area contributed by atoms with Gasteiger partial charge in [0, 0.05) is 25.6 Å². The largest absolute Gasteiger partial charge is 0.392 e. The molecule has 0 radical (unpaired) electrons. The Morgan fingerprint density at radius 2 is 2.06 bits per heavy atom. The van der Waals surface area contributed by atoms with Gasteiger partial charge in [0.1, 0.15) is 0 Å². The Balaban J connectivity index is 2.17. The van der Waals surface area contributed by atoms with Crippen LogP contribution >= 0.6 is 0 Å². The van der Waals surface area contributed by atoms with E-state index in [1.165, 1.54) is 12.8 Å². The molecule has 0 aliphatic heterocycles. The van der Waals surface area contributed by atoms with Crippen LogP contribution in [0.25, 0.3) is 0 Å². The minimum atomic E-state index is -0.239. The summed E-state index contributed by atoms with van der Waals surface area (Å²) in [6.45, 7) is 3.26. The minimum absolute atomic E-state index is 0.0816. The average Bonchev–Trinajstić information content (AvgIpc) is 2.45. The second-order valence-corrected chi connectivity index (χ2v) is 4.47. The summed E-state index contributed by atoms with van der Waals surface area (Å²) in [7, 11) is 0. The smallest absolute Gasteiger partial charge is 0.221 e. The Labute approximate surface area is 97.8 Å². The van der Waals surface area contributed by atoms with Crippen molar-refractivity contribution in [3.63, 3.8) is 0 Å². The van der Waals surface area contributed by atoms with Crippen molar-refractivity contribution < 1.29 is 9.90 Å². The van der Waals surface area contributed by atoms with Gasteiger partial charge in [0.25, 0.3) is 0 Å². The lowest BCUT2D eigenvalue weighted by molar-refractivity contribution is -0.120. The zero-order valence-electron chi connectivity index (χ0n) is 10.2. The first-order chi connectivity index (χ1) is 7.74. The van der Waals surface area contributed by atoms with Crippen molar-refractivity contribution in [1.82, 2.24) is 10.6 Å². The van der Waals surface area contributed by atoms with E-state index in [0.717, 1.165) is 19.3 Å². The van der Waals surface area contributed by atoms with Crippen LogP contribution in [-0.2, 0) is 4.79 Å². The fraction of sp³-hybridized carbons (Fsp3) is 0.917. The maximum absolute atomic E-state index is 11.2. The first kappa shape index (κ1) is 13.5. The topological polar surface area (TPSA) is 61.4 Å². The lowest BCUT2D eigenvalue weighted by Gasteiger charge is -2.21. The first-order valence-electron chi connectivity index (χ1n) is 6.42. The predicted octanol–water partition coefficient (Wildman–Crippen LogP) is 0.796. The van der Waals surface area contributed by atoms with Crippen molar-refractivity contribution in [2.45, 2.75) is 57.6 Å². The van der Waals surface area contributed by atoms with E-state index in [1.54, 1.807) is 0 Å². The van der Waals surface area contributed by atoms with Crippen molar-refractivity contribution in [1.29, 1.82) is 0 Å². The SMILES string of the molecule is CCNC(=O)CCNC1CCCCCC1O. The maximum atomic E-state index is 11.2. The molecule has 0 aromatic carbocycles. The van der Waals surface area contributed by atoms with Crippen LogP contribution in [-0.4, -0.2) is 36.2 Å². The van der Waals surface area contributed by atoms with Crippen LogP contribution in [0.1, 0.15) is 45.4 Å². The molecule has 1 fully saturated rings. The molecular formula is C12H24N2O2. The molecule has 1 amide bonds. The fourth-order valence-electron chi connectivity index (χ4n) is 2.18. The van der Waals surface area contributed by atoms with Crippen molar-refractivity contribution in [3.05, 3.63) is 0 Å². The quantitative estimate of drug-likeness (QED) is 0.610. The van der Waals surface area contributed by atoms with Gasteiger partial charge in [-0.05, 0) is 19.8 Å². The van der Waals surface area contributed by atoms with Gasteiger partial charge in [-0.1, -0.05) is 19.3 Å². The number of aliphatic hydroxyl groups excluding tert-OH is 1. The van der Waals surface area contributed by atoms with E-state index >= 15 is 0 Å². The molecule has 1 aliphatic rings. The first-order valence-corrected chi connectivity index (χ1v) is 6.42. The van der Waals surface area contributed by atoms with E-state index in [9.17, 15) is 9.90 Å². The highest BCUT2D eigenvalue weighted by Gasteiger charge is 2.20. The molecule has 0 aromatic rings. The minimum Gasteiger partial charge on any atom is -0.392 e. The van der Waals surface area contributed by atoms with Crippen LogP contribution in [0.4, 0.5) is 0 Å². The number of amides is 1. The fourth-order valence-corrected chi connectivity index (χ4v) is 2.18. The number of carbonyl (C=O) groups is 1. The normalized spacial score (nSPS) is 26.1. The molecule has 2 unspecified atom stereocenters. The van der Waals surface area contributed by atoms with Crippen LogP contribution < -0.4 is 10.6 Å². The summed E-state index contributed by atoms with van der Waals surface area (Å²) in [4.78, 5) is 11.2. The summed E-state index contributed by atoms with van der Waals surface area (Å²) in [5, 5.41) is 15.9. The molecule has 0 saturated heterocycles. The number of hydrogen-bond acceptors (Lipinski definition) is 3. The molecule has 3 N–H and O–H groups in total. The number of carbonyl (C=O) groups excluding carboxylic acids is 1. The van der Waals surface area contributed by atoms with Crippen molar-refractivity contribution in [2.24, 2.45) is 0 Å². The van der Waals surface area contributed by atoms with Gasteiger partial charge < -0.3 is 15.7 Å². The standard InChI is InChI=1S/C12H24N2O2/c1-2-13-12(16)8-9-14-10-6-4-3-5-7-11(10)15/h10-11,14-15H,2-9H2,1H3,(H,13,16). The summed E-state index contributed by atoms with van der Waals surface area (Å²) < 4.78 is 0. The van der Waals surface area contributed by atoms with Gasteiger partial charge in [0.15, 0.2) is 0 Å². The lowest BCUT2D eigenvalue weighted by atomic mass is 10.1. The van der Waals surface area contributed by atoms with Crippen LogP contribution in [0.2, 0.25) is 0 Å². The molecule has 2 atom stereocenters. The molecule has 1 aliphatic carbocycles. The van der Waals surface area contributed by atoms with Crippen molar-refractivity contribution >= 4 is 5.91 Å². The number of nitrogens with one attached hydrogen (secondary N) is 2. The van der Waals surface area contributed by atoms with E-state index in [4.69, 9.17) is 0 Å². The molecule has 0 aromatic heterocycles. The third-order valence-electron chi connectivity index (χ3n) is 3.11. The molecule has 94 valence electrons. The number of aliphatic hydroxyl groups is 1. The van der Waals surface area contributed by atoms with Gasteiger partial charge >= 0.3 is 0 Å². The molecule has 16 heavy (non-hydrogen) atoms. The van der Waals surface area contributed by atoms with Crippen LogP contribution in [0.5, 0.6) is 0 Å². The highest BCUT2D eigenvalue weighted by atomic mass is 16.3. The van der Waals surface area contributed by atoms with Gasteiger partial charge in [0.05, 0.1) is 6.10 Å². The number of hydrogen-bond donors (Lipinski definition) is 3. The molecule has 1 saturated carbocycles. The summed E-state index contributed by atoms with van der Waals surface area (Å²) in [5.74, 6) is 0.0816. The zero-order valence-corrected chi connectivity index (χ0v) is 10.2. The van der Waals surface area contributed by atoms with Gasteiger partial charge in [-0.15, -0.1) is 0 Å². The average molecular weight is 228 g/mol. The molecule has 1 rings (SSSR count). The highest BCUT2D eigenvalue weighted by Crippen LogP contribution is 2.17. The second kappa shape index (κ2) is 7.63. The van der Waals surface area contributed by atoms with Crippen molar-refractivity contribution in [3.8, 4) is 0 Å². The van der Waals surface area contributed by atoms with E-state index in [2.05, 4.69) is 10.6 Å². The molecule has 0 heterocycles. The number of rotatable bonds is 5. The van der Waals surface area contributed by atoms with Crippen LogP contribution in [0.15, 0.2) is 0 Å². The highest BCUT2D eigenvalue weighted by molar-refractivity contribution is 5.75. The van der Waals surface area contributed by atoms with Gasteiger partial charge in [-0.25, -0.2) is 0 Å². The summed E-state index contributed by atoms with van der Waals surface area (Å²) in [5.41, 5.74) is 0. The Morgan fingerprint density at radius 3 is 2.81 bits per heavy atom. The predicted molar refractivity (Wildman–Crippen MR) is 64.2 cm³/mol. The van der Waals surface area contributed by atoms with Crippen LogP contribution in [0.3, 0.4) is 0 Å². The van der Waals surface area contributed by atoms with Gasteiger partial charge in [-0.3, -0.25) is 4.79 Å². The third-order valence-corrected chi connectivity index (χ3v) is 3.11. The van der Waals surface area contributed by atoms with E-state index in [0.29, 0.717) is 19.5 Å². The van der Waals surface area contributed by atoms with Crippen LogP contribution in [0, 0.1) is 0 Å². The van der Waals surface area contributed by atoms with E-state index < -0.39 is 0 Å². The molecular weight excluding hydrogens is 204 g/mol. The Morgan fingerprint density at radius 1 is 1.31 bits per heavy atom. The lowest BCUT2D eigenvalue weighted by Crippen LogP contribution is -2.40. The molecule has 4 heteroatoms.